The van der Waals surface area contributed by atoms with E-state index in [1.54, 1.807) is 12.1 Å². The van der Waals surface area contributed by atoms with E-state index in [4.69, 9.17) is 4.74 Å². The minimum atomic E-state index is -0.370. The van der Waals surface area contributed by atoms with E-state index in [2.05, 4.69) is 11.4 Å². The number of rotatable bonds is 2. The summed E-state index contributed by atoms with van der Waals surface area (Å²) in [6.07, 6.45) is 0.950. The maximum absolute atomic E-state index is 12.2. The van der Waals surface area contributed by atoms with Crippen molar-refractivity contribution in [3.63, 3.8) is 0 Å². The highest BCUT2D eigenvalue weighted by Crippen LogP contribution is 2.24. The molecule has 1 atom stereocenters. The van der Waals surface area contributed by atoms with E-state index in [-0.39, 0.29) is 12.0 Å². The molecule has 2 aromatic carbocycles. The zero-order chi connectivity index (χ0) is 13.1. The molecule has 3 nitrogen and oxygen atoms in total. The molecule has 1 heterocycles. The van der Waals surface area contributed by atoms with Crippen molar-refractivity contribution in [3.8, 4) is 5.75 Å². The Morgan fingerprint density at radius 1 is 1.05 bits per heavy atom. The van der Waals surface area contributed by atoms with Crippen LogP contribution in [0.5, 0.6) is 5.75 Å². The minimum absolute atomic E-state index is 0.252. The highest BCUT2D eigenvalue weighted by molar-refractivity contribution is 5.80. The Labute approximate surface area is 112 Å². The van der Waals surface area contributed by atoms with Crippen LogP contribution in [0, 0.1) is 0 Å². The summed E-state index contributed by atoms with van der Waals surface area (Å²) < 4.78 is 5.41. The summed E-state index contributed by atoms with van der Waals surface area (Å²) in [6, 6.07) is 16.8. The first-order chi connectivity index (χ1) is 9.34. The number of carbonyl (C=O) groups excluding carboxylic acids is 1. The average molecular weight is 253 g/mol. The van der Waals surface area contributed by atoms with Gasteiger partial charge in [-0.3, -0.25) is 0 Å². The molecule has 3 heteroatoms. The summed E-state index contributed by atoms with van der Waals surface area (Å²) in [5, 5.41) is 3.22. The largest absolute Gasteiger partial charge is 0.425 e. The highest BCUT2D eigenvalue weighted by Gasteiger charge is 2.27. The second-order valence-electron chi connectivity index (χ2n) is 4.57. The molecule has 1 unspecified atom stereocenters. The topological polar surface area (TPSA) is 38.3 Å². The maximum Gasteiger partial charge on any atom is 0.333 e. The van der Waals surface area contributed by atoms with E-state index in [1.807, 2.05) is 36.4 Å². The number of fused-ring (bicyclic) bond motifs is 1. The first-order valence-corrected chi connectivity index (χ1v) is 6.42. The Bertz CT molecular complexity index is 580. The van der Waals surface area contributed by atoms with Gasteiger partial charge in [0.1, 0.15) is 11.8 Å². The van der Waals surface area contributed by atoms with Crippen molar-refractivity contribution >= 4 is 5.97 Å². The molecule has 0 radical (unpaired) electrons. The maximum atomic E-state index is 12.2. The Morgan fingerprint density at radius 3 is 2.63 bits per heavy atom. The van der Waals surface area contributed by atoms with Gasteiger partial charge in [0, 0.05) is 6.54 Å². The Kier molecular flexibility index (Phi) is 3.29. The molecule has 1 aliphatic rings. The third kappa shape index (κ3) is 2.51. The Balaban J connectivity index is 1.82. The quantitative estimate of drug-likeness (QED) is 0.660. The van der Waals surface area contributed by atoms with Gasteiger partial charge in [-0.15, -0.1) is 0 Å². The van der Waals surface area contributed by atoms with Gasteiger partial charge in [0.25, 0.3) is 0 Å². The van der Waals surface area contributed by atoms with Crippen molar-refractivity contribution in [2.24, 2.45) is 0 Å². The molecule has 0 bridgehead atoms. The van der Waals surface area contributed by atoms with Gasteiger partial charge in [0.05, 0.1) is 0 Å². The number of nitrogens with one attached hydrogen (secondary N) is 1. The summed E-state index contributed by atoms with van der Waals surface area (Å²) in [5.74, 6) is 0.329. The molecular formula is C16H15NO2. The van der Waals surface area contributed by atoms with Crippen molar-refractivity contribution in [2.75, 3.05) is 6.54 Å². The van der Waals surface area contributed by atoms with E-state index in [0.717, 1.165) is 18.5 Å². The zero-order valence-electron chi connectivity index (χ0n) is 10.5. The lowest BCUT2D eigenvalue weighted by atomic mass is 9.94. The van der Waals surface area contributed by atoms with Gasteiger partial charge in [0.2, 0.25) is 0 Å². The number of hydrogen-bond acceptors (Lipinski definition) is 3. The fraction of sp³-hybridized carbons (Fsp3) is 0.188. The van der Waals surface area contributed by atoms with Crippen LogP contribution in [0.15, 0.2) is 54.6 Å². The van der Waals surface area contributed by atoms with Crippen LogP contribution in [0.25, 0.3) is 0 Å². The first-order valence-electron chi connectivity index (χ1n) is 6.42. The molecule has 0 saturated heterocycles. The van der Waals surface area contributed by atoms with Crippen LogP contribution in [-0.2, 0) is 11.2 Å². The van der Waals surface area contributed by atoms with Crippen molar-refractivity contribution < 1.29 is 9.53 Å². The van der Waals surface area contributed by atoms with Gasteiger partial charge in [-0.25, -0.2) is 4.79 Å². The highest BCUT2D eigenvalue weighted by atomic mass is 16.5. The lowest BCUT2D eigenvalue weighted by molar-refractivity contribution is -0.137. The summed E-state index contributed by atoms with van der Waals surface area (Å²) >= 11 is 0. The third-order valence-corrected chi connectivity index (χ3v) is 3.31. The Hall–Kier alpha value is -2.13. The number of carbonyl (C=O) groups is 1. The second kappa shape index (κ2) is 5.24. The SMILES string of the molecule is O=C(Oc1ccccc1)C1NCCc2ccccc21. The van der Waals surface area contributed by atoms with Gasteiger partial charge in [-0.05, 0) is 29.7 Å². The van der Waals surface area contributed by atoms with Crippen LogP contribution in [0.2, 0.25) is 0 Å². The number of hydrogen-bond donors (Lipinski definition) is 1. The predicted molar refractivity (Wildman–Crippen MR) is 73.0 cm³/mol. The van der Waals surface area contributed by atoms with Crippen molar-refractivity contribution in [3.05, 3.63) is 65.7 Å². The van der Waals surface area contributed by atoms with E-state index in [9.17, 15) is 4.79 Å². The molecule has 0 saturated carbocycles. The third-order valence-electron chi connectivity index (χ3n) is 3.31. The summed E-state index contributed by atoms with van der Waals surface area (Å²) in [7, 11) is 0. The van der Waals surface area contributed by atoms with Gasteiger partial charge in [-0.1, -0.05) is 42.5 Å². The van der Waals surface area contributed by atoms with E-state index in [1.165, 1.54) is 5.56 Å². The van der Waals surface area contributed by atoms with Crippen molar-refractivity contribution in [2.45, 2.75) is 12.5 Å². The summed E-state index contributed by atoms with van der Waals surface area (Å²) in [4.78, 5) is 12.2. The molecule has 0 spiro atoms. The smallest absolute Gasteiger partial charge is 0.333 e. The summed E-state index contributed by atoms with van der Waals surface area (Å²) in [5.41, 5.74) is 2.24. The lowest BCUT2D eigenvalue weighted by Crippen LogP contribution is -2.37. The van der Waals surface area contributed by atoms with E-state index < -0.39 is 0 Å². The first kappa shape index (κ1) is 11.9. The standard InChI is InChI=1S/C16H15NO2/c18-16(19-13-7-2-1-3-8-13)15-14-9-5-4-6-12(14)10-11-17-15/h1-9,15,17H,10-11H2. The molecule has 0 fully saturated rings. The molecule has 0 aliphatic carbocycles. The van der Waals surface area contributed by atoms with Gasteiger partial charge in [0.15, 0.2) is 0 Å². The van der Waals surface area contributed by atoms with Crippen molar-refractivity contribution in [1.82, 2.24) is 5.32 Å². The van der Waals surface area contributed by atoms with Crippen LogP contribution in [0.1, 0.15) is 17.2 Å². The van der Waals surface area contributed by atoms with Gasteiger partial charge < -0.3 is 10.1 Å². The molecule has 1 N–H and O–H groups in total. The predicted octanol–water partition coefficient (Wildman–Crippen LogP) is 2.48. The molecular weight excluding hydrogens is 238 g/mol. The van der Waals surface area contributed by atoms with Crippen LogP contribution >= 0.6 is 0 Å². The molecule has 96 valence electrons. The van der Waals surface area contributed by atoms with Gasteiger partial charge >= 0.3 is 5.97 Å². The van der Waals surface area contributed by atoms with E-state index in [0.29, 0.717) is 5.75 Å². The van der Waals surface area contributed by atoms with Crippen LogP contribution in [-0.4, -0.2) is 12.5 Å². The number of esters is 1. The fourth-order valence-electron chi connectivity index (χ4n) is 2.38. The van der Waals surface area contributed by atoms with Crippen LogP contribution in [0.4, 0.5) is 0 Å². The molecule has 2 aromatic rings. The van der Waals surface area contributed by atoms with Crippen molar-refractivity contribution in [1.29, 1.82) is 0 Å². The molecule has 3 rings (SSSR count). The normalized spacial score (nSPS) is 17.6. The Morgan fingerprint density at radius 2 is 1.79 bits per heavy atom. The lowest BCUT2D eigenvalue weighted by Gasteiger charge is -2.25. The second-order valence-corrected chi connectivity index (χ2v) is 4.57. The monoisotopic (exact) mass is 253 g/mol. The molecule has 19 heavy (non-hydrogen) atoms. The van der Waals surface area contributed by atoms with Crippen LogP contribution < -0.4 is 10.1 Å². The average Bonchev–Trinajstić information content (AvgIpc) is 2.47. The number of benzene rings is 2. The fourth-order valence-corrected chi connectivity index (χ4v) is 2.38. The van der Waals surface area contributed by atoms with Crippen LogP contribution in [0.3, 0.4) is 0 Å². The number of ether oxygens (including phenoxy) is 1. The molecule has 1 aliphatic heterocycles. The van der Waals surface area contributed by atoms with E-state index >= 15 is 0 Å². The molecule has 0 aromatic heterocycles. The minimum Gasteiger partial charge on any atom is -0.425 e. The number of para-hydroxylation sites is 1. The van der Waals surface area contributed by atoms with Gasteiger partial charge in [-0.2, -0.15) is 0 Å². The summed E-state index contributed by atoms with van der Waals surface area (Å²) in [6.45, 7) is 0.797. The molecule has 0 amide bonds. The zero-order valence-corrected chi connectivity index (χ0v) is 10.5.